The summed E-state index contributed by atoms with van der Waals surface area (Å²) < 4.78 is 6.37. The Kier molecular flexibility index (Phi) is 14.6. The van der Waals surface area contributed by atoms with Crippen molar-refractivity contribution in [3.8, 4) is 0 Å². The SMILES string of the molecule is CCCCCCCC[C@](CCC)(OC(=O)CCCCCC(=O)N1CCN(C)CC1)N(C(=O)c1ccccc1)n1ccnn1. The van der Waals surface area contributed by atoms with Crippen molar-refractivity contribution in [2.75, 3.05) is 38.2 Å². The van der Waals surface area contributed by atoms with Crippen LogP contribution in [-0.2, 0) is 14.3 Å². The fraction of sp³-hybridized carbons (Fsp3) is 0.667. The maximum Gasteiger partial charge on any atom is 0.307 e. The van der Waals surface area contributed by atoms with Gasteiger partial charge in [-0.05, 0) is 43.7 Å². The number of likely N-dealkylation sites (N-methyl/N-ethyl adjacent to an activating group) is 1. The lowest BCUT2D eigenvalue weighted by molar-refractivity contribution is -0.163. The molecule has 1 fully saturated rings. The number of amides is 2. The second-order valence-corrected chi connectivity index (χ2v) is 11.7. The molecular weight excluding hydrogens is 544 g/mol. The van der Waals surface area contributed by atoms with Gasteiger partial charge in [-0.25, -0.2) is 0 Å². The number of aromatic nitrogens is 3. The van der Waals surface area contributed by atoms with Crippen LogP contribution < -0.4 is 5.01 Å². The summed E-state index contributed by atoms with van der Waals surface area (Å²) in [6, 6.07) is 9.04. The zero-order valence-corrected chi connectivity index (χ0v) is 26.6. The lowest BCUT2D eigenvalue weighted by Gasteiger charge is -2.42. The summed E-state index contributed by atoms with van der Waals surface area (Å²) in [5.41, 5.74) is -0.711. The van der Waals surface area contributed by atoms with E-state index < -0.39 is 5.72 Å². The number of hydrogen-bond donors (Lipinski definition) is 0. The Morgan fingerprint density at radius 1 is 0.837 bits per heavy atom. The highest BCUT2D eigenvalue weighted by Gasteiger charge is 2.44. The molecule has 0 aliphatic carbocycles. The molecule has 2 heterocycles. The highest BCUT2D eigenvalue weighted by molar-refractivity contribution is 6.02. The lowest BCUT2D eigenvalue weighted by Crippen LogP contribution is -2.60. The predicted molar refractivity (Wildman–Crippen MR) is 168 cm³/mol. The number of carbonyl (C=O) groups is 3. The molecule has 0 bridgehead atoms. The molecule has 1 aliphatic rings. The molecule has 1 aromatic carbocycles. The minimum atomic E-state index is -1.20. The van der Waals surface area contributed by atoms with Crippen LogP contribution in [0.1, 0.15) is 114 Å². The summed E-state index contributed by atoms with van der Waals surface area (Å²) in [5.74, 6) is -0.434. The third kappa shape index (κ3) is 10.7. The zero-order chi connectivity index (χ0) is 30.9. The first kappa shape index (κ1) is 34.2. The van der Waals surface area contributed by atoms with Crippen molar-refractivity contribution < 1.29 is 19.1 Å². The van der Waals surface area contributed by atoms with Crippen LogP contribution in [-0.4, -0.2) is 81.6 Å². The van der Waals surface area contributed by atoms with E-state index in [1.54, 1.807) is 18.3 Å². The number of nitrogens with zero attached hydrogens (tertiary/aromatic N) is 6. The van der Waals surface area contributed by atoms with Gasteiger partial charge in [0.25, 0.3) is 5.91 Å². The van der Waals surface area contributed by atoms with Gasteiger partial charge in [0.1, 0.15) is 0 Å². The minimum Gasteiger partial charge on any atom is -0.437 e. The first-order valence-corrected chi connectivity index (χ1v) is 16.3. The molecule has 10 nitrogen and oxygen atoms in total. The number of esters is 1. The Bertz CT molecular complexity index is 1090. The quantitative estimate of drug-likeness (QED) is 0.119. The van der Waals surface area contributed by atoms with Crippen LogP contribution in [0.4, 0.5) is 0 Å². The van der Waals surface area contributed by atoms with E-state index in [9.17, 15) is 14.4 Å². The summed E-state index contributed by atoms with van der Waals surface area (Å²) in [4.78, 5) is 45.6. The minimum absolute atomic E-state index is 0.194. The molecule has 238 valence electrons. The van der Waals surface area contributed by atoms with Gasteiger partial charge < -0.3 is 14.5 Å². The molecule has 0 saturated carbocycles. The monoisotopic (exact) mass is 596 g/mol. The standard InChI is InChI=1S/C33H52N6O4/c1-4-6-7-8-9-16-22-33(21-5-2,39(38-24-23-34-35-38)32(42)29-17-12-10-13-18-29)43-31(41)20-15-11-14-19-30(40)37-27-25-36(3)26-28-37/h10,12-13,17-18,23-24H,4-9,11,14-16,19-22,25-28H2,1-3H3/t33-/m0/s1. The molecule has 0 radical (unpaired) electrons. The number of hydrogen-bond acceptors (Lipinski definition) is 7. The molecule has 2 aromatic rings. The van der Waals surface area contributed by atoms with Crippen LogP contribution in [0, 0.1) is 0 Å². The average molecular weight is 597 g/mol. The molecule has 1 atom stereocenters. The second kappa shape index (κ2) is 18.4. The second-order valence-electron chi connectivity index (χ2n) is 11.7. The first-order chi connectivity index (χ1) is 20.9. The van der Waals surface area contributed by atoms with Gasteiger partial charge in [-0.1, -0.05) is 77.0 Å². The van der Waals surface area contributed by atoms with Gasteiger partial charge in [0.05, 0.1) is 12.4 Å². The summed E-state index contributed by atoms with van der Waals surface area (Å²) in [6.07, 6.45) is 14.2. The topological polar surface area (TPSA) is 101 Å². The molecule has 1 saturated heterocycles. The van der Waals surface area contributed by atoms with E-state index in [0.29, 0.717) is 37.7 Å². The summed E-state index contributed by atoms with van der Waals surface area (Å²) in [6.45, 7) is 7.62. The van der Waals surface area contributed by atoms with Crippen LogP contribution in [0.2, 0.25) is 0 Å². The van der Waals surface area contributed by atoms with Gasteiger partial charge >= 0.3 is 5.97 Å². The third-order valence-electron chi connectivity index (χ3n) is 8.21. The number of ether oxygens (including phenoxy) is 1. The number of unbranched alkanes of at least 4 members (excludes halogenated alkanes) is 7. The van der Waals surface area contributed by atoms with Crippen molar-refractivity contribution in [2.45, 2.75) is 109 Å². The van der Waals surface area contributed by atoms with E-state index in [4.69, 9.17) is 4.74 Å². The fourth-order valence-electron chi connectivity index (χ4n) is 5.73. The molecule has 1 aromatic heterocycles. The Balaban J connectivity index is 1.69. The molecular formula is C33H52N6O4. The summed E-state index contributed by atoms with van der Waals surface area (Å²) >= 11 is 0. The Morgan fingerprint density at radius 2 is 1.51 bits per heavy atom. The van der Waals surface area contributed by atoms with Crippen LogP contribution in [0.15, 0.2) is 42.7 Å². The third-order valence-corrected chi connectivity index (χ3v) is 8.21. The van der Waals surface area contributed by atoms with Crippen LogP contribution in [0.25, 0.3) is 0 Å². The Morgan fingerprint density at radius 3 is 2.19 bits per heavy atom. The number of benzene rings is 1. The lowest BCUT2D eigenvalue weighted by atomic mass is 9.96. The first-order valence-electron chi connectivity index (χ1n) is 16.3. The maximum atomic E-state index is 14.0. The van der Waals surface area contributed by atoms with Crippen LogP contribution in [0.5, 0.6) is 0 Å². The van der Waals surface area contributed by atoms with E-state index >= 15 is 0 Å². The number of piperazine rings is 1. The summed E-state index contributed by atoms with van der Waals surface area (Å²) in [5, 5.41) is 9.64. The molecule has 10 heteroatoms. The normalized spacial score (nSPS) is 15.2. The molecule has 3 rings (SSSR count). The van der Waals surface area contributed by atoms with Gasteiger partial charge in [-0.2, -0.15) is 9.80 Å². The van der Waals surface area contributed by atoms with Gasteiger partial charge in [-0.15, -0.1) is 5.10 Å². The van der Waals surface area contributed by atoms with Gasteiger partial charge in [0.15, 0.2) is 0 Å². The van der Waals surface area contributed by atoms with E-state index in [-0.39, 0.29) is 24.2 Å². The summed E-state index contributed by atoms with van der Waals surface area (Å²) in [7, 11) is 2.08. The van der Waals surface area contributed by atoms with E-state index in [0.717, 1.165) is 58.3 Å². The van der Waals surface area contributed by atoms with Gasteiger partial charge in [0, 0.05) is 57.4 Å². The molecule has 2 amide bonds. The van der Waals surface area contributed by atoms with Crippen molar-refractivity contribution in [1.29, 1.82) is 0 Å². The number of carbonyl (C=O) groups excluding carboxylic acids is 3. The van der Waals surface area contributed by atoms with Crippen molar-refractivity contribution >= 4 is 17.8 Å². The highest BCUT2D eigenvalue weighted by Crippen LogP contribution is 2.31. The predicted octanol–water partition coefficient (Wildman–Crippen LogP) is 5.57. The van der Waals surface area contributed by atoms with Crippen molar-refractivity contribution in [3.63, 3.8) is 0 Å². The highest BCUT2D eigenvalue weighted by atomic mass is 16.6. The molecule has 0 unspecified atom stereocenters. The van der Waals surface area contributed by atoms with E-state index in [2.05, 4.69) is 29.2 Å². The van der Waals surface area contributed by atoms with E-state index in [1.165, 1.54) is 35.3 Å². The van der Waals surface area contributed by atoms with Crippen molar-refractivity contribution in [1.82, 2.24) is 24.9 Å². The van der Waals surface area contributed by atoms with E-state index in [1.807, 2.05) is 30.0 Å². The van der Waals surface area contributed by atoms with Crippen LogP contribution in [0.3, 0.4) is 0 Å². The van der Waals surface area contributed by atoms with Gasteiger partial charge in [-0.3, -0.25) is 14.4 Å². The average Bonchev–Trinajstić information content (AvgIpc) is 3.54. The maximum absolute atomic E-state index is 14.0. The molecule has 43 heavy (non-hydrogen) atoms. The number of rotatable bonds is 19. The van der Waals surface area contributed by atoms with Crippen molar-refractivity contribution in [3.05, 3.63) is 48.3 Å². The Hall–Kier alpha value is -3.27. The Labute approximate surface area is 257 Å². The van der Waals surface area contributed by atoms with Crippen LogP contribution >= 0.6 is 0 Å². The largest absolute Gasteiger partial charge is 0.437 e. The fourth-order valence-corrected chi connectivity index (χ4v) is 5.73. The molecule has 1 aliphatic heterocycles. The smallest absolute Gasteiger partial charge is 0.307 e. The molecule has 0 N–H and O–H groups in total. The van der Waals surface area contributed by atoms with Crippen molar-refractivity contribution in [2.24, 2.45) is 0 Å². The molecule has 0 spiro atoms. The zero-order valence-electron chi connectivity index (χ0n) is 26.6. The van der Waals surface area contributed by atoms with Gasteiger partial charge in [0.2, 0.25) is 11.6 Å².